The van der Waals surface area contributed by atoms with Crippen LogP contribution in [0.25, 0.3) is 0 Å². The Balaban J connectivity index is 1.38. The molecule has 2 aliphatic rings. The first-order chi connectivity index (χ1) is 15.3. The minimum atomic E-state index is -4.54. The molecule has 2 aliphatic heterocycles. The van der Waals surface area contributed by atoms with Gasteiger partial charge in [-0.1, -0.05) is 18.6 Å². The number of nitrogens with zero attached hydrogens (tertiary/aromatic N) is 2. The van der Waals surface area contributed by atoms with Crippen LogP contribution in [-0.2, 0) is 11.0 Å². The Kier molecular flexibility index (Phi) is 6.45. The Morgan fingerprint density at radius 3 is 2.34 bits per heavy atom. The van der Waals surface area contributed by atoms with Crippen LogP contribution in [0.4, 0.5) is 18.9 Å². The Morgan fingerprint density at radius 1 is 1.03 bits per heavy atom. The van der Waals surface area contributed by atoms with Crippen LogP contribution >= 0.6 is 0 Å². The fourth-order valence-electron chi connectivity index (χ4n) is 4.82. The number of fused-ring (bicyclic) bond motifs is 2. The van der Waals surface area contributed by atoms with Crippen molar-refractivity contribution in [1.29, 1.82) is 0 Å². The number of anilines is 1. The summed E-state index contributed by atoms with van der Waals surface area (Å²) in [6.45, 7) is 0.0343. The average Bonchev–Trinajstić information content (AvgIpc) is 2.74. The van der Waals surface area contributed by atoms with Gasteiger partial charge in [-0.15, -0.1) is 0 Å². The number of amides is 2. The molecule has 2 amide bonds. The van der Waals surface area contributed by atoms with E-state index in [0.29, 0.717) is 18.4 Å². The largest absolute Gasteiger partial charge is 0.418 e. The van der Waals surface area contributed by atoms with E-state index in [0.717, 1.165) is 25.3 Å². The van der Waals surface area contributed by atoms with E-state index in [9.17, 15) is 22.8 Å². The van der Waals surface area contributed by atoms with Crippen molar-refractivity contribution in [3.05, 3.63) is 59.9 Å². The number of halogens is 3. The van der Waals surface area contributed by atoms with Crippen LogP contribution in [-0.4, -0.2) is 46.4 Å². The highest BCUT2D eigenvalue weighted by molar-refractivity contribution is 5.94. The third-order valence-electron chi connectivity index (χ3n) is 6.24. The fourth-order valence-corrected chi connectivity index (χ4v) is 4.82. The predicted molar refractivity (Wildman–Crippen MR) is 113 cm³/mol. The number of hydrogen-bond acceptors (Lipinski definition) is 4. The fraction of sp³-hybridized carbons (Fsp3) is 0.435. The number of carbonyl (C=O) groups excluding carboxylic acids is 2. The molecule has 4 rings (SSSR count). The maximum atomic E-state index is 13.2. The minimum Gasteiger partial charge on any atom is -0.349 e. The number of pyridine rings is 1. The van der Waals surface area contributed by atoms with Gasteiger partial charge in [0.2, 0.25) is 5.91 Å². The standard InChI is InChI=1S/C23H25F3N4O2/c24-23(25,26)19-6-1-2-7-20(19)29-21(31)14-30-17-4-3-5-18(30)13-16(12-17)28-22(32)15-8-10-27-11-9-15/h1-2,6-11,16-18H,3-5,12-14H2,(H,28,32)(H,29,31). The summed E-state index contributed by atoms with van der Waals surface area (Å²) in [5.74, 6) is -0.608. The molecule has 2 aromatic rings. The van der Waals surface area contributed by atoms with E-state index in [-0.39, 0.29) is 36.3 Å². The average molecular weight is 446 g/mol. The number of nitrogens with one attached hydrogen (secondary N) is 2. The first-order valence-corrected chi connectivity index (χ1v) is 10.7. The molecule has 9 heteroatoms. The summed E-state index contributed by atoms with van der Waals surface area (Å²) in [6.07, 6.45) is 2.85. The lowest BCUT2D eigenvalue weighted by molar-refractivity contribution is -0.137. The molecule has 0 saturated carbocycles. The SMILES string of the molecule is O=C(CN1C2CCCC1CC(NC(=O)c1ccncc1)C2)Nc1ccccc1C(F)(F)F. The van der Waals surface area contributed by atoms with Crippen LogP contribution < -0.4 is 10.6 Å². The number of rotatable bonds is 5. The van der Waals surface area contributed by atoms with E-state index in [1.54, 1.807) is 24.5 Å². The van der Waals surface area contributed by atoms with Gasteiger partial charge in [-0.3, -0.25) is 19.5 Å². The number of alkyl halides is 3. The smallest absolute Gasteiger partial charge is 0.349 e. The molecule has 32 heavy (non-hydrogen) atoms. The highest BCUT2D eigenvalue weighted by Gasteiger charge is 2.40. The van der Waals surface area contributed by atoms with Gasteiger partial charge in [0, 0.05) is 36.1 Å². The lowest BCUT2D eigenvalue weighted by atomic mass is 9.81. The van der Waals surface area contributed by atoms with Crippen molar-refractivity contribution in [2.24, 2.45) is 0 Å². The molecule has 2 unspecified atom stereocenters. The number of benzene rings is 1. The van der Waals surface area contributed by atoms with Gasteiger partial charge < -0.3 is 10.6 Å². The Hall–Kier alpha value is -2.94. The van der Waals surface area contributed by atoms with E-state index < -0.39 is 17.6 Å². The maximum absolute atomic E-state index is 13.2. The summed E-state index contributed by atoms with van der Waals surface area (Å²) in [4.78, 5) is 31.1. The second kappa shape index (κ2) is 9.28. The van der Waals surface area contributed by atoms with Gasteiger partial charge in [0.15, 0.2) is 0 Å². The zero-order valence-electron chi connectivity index (χ0n) is 17.4. The van der Waals surface area contributed by atoms with Crippen molar-refractivity contribution in [3.8, 4) is 0 Å². The molecule has 2 bridgehead atoms. The summed E-state index contributed by atoms with van der Waals surface area (Å²) < 4.78 is 39.6. The lowest BCUT2D eigenvalue weighted by Gasteiger charge is -2.48. The van der Waals surface area contributed by atoms with Gasteiger partial charge in [0.25, 0.3) is 5.91 Å². The van der Waals surface area contributed by atoms with Crippen LogP contribution in [0.15, 0.2) is 48.8 Å². The van der Waals surface area contributed by atoms with Crippen molar-refractivity contribution in [2.75, 3.05) is 11.9 Å². The first-order valence-electron chi connectivity index (χ1n) is 10.7. The highest BCUT2D eigenvalue weighted by Crippen LogP contribution is 2.36. The molecule has 2 saturated heterocycles. The minimum absolute atomic E-state index is 0.00349. The highest BCUT2D eigenvalue weighted by atomic mass is 19.4. The Bertz CT molecular complexity index is 953. The third-order valence-corrected chi connectivity index (χ3v) is 6.24. The molecule has 1 aromatic heterocycles. The normalized spacial score (nSPS) is 23.4. The van der Waals surface area contributed by atoms with E-state index in [1.165, 1.54) is 18.2 Å². The van der Waals surface area contributed by atoms with Crippen LogP contribution in [0.2, 0.25) is 0 Å². The molecular weight excluding hydrogens is 421 g/mol. The summed E-state index contributed by atoms with van der Waals surface area (Å²) in [7, 11) is 0. The molecule has 2 N–H and O–H groups in total. The molecule has 1 aromatic carbocycles. The molecule has 2 fully saturated rings. The predicted octanol–water partition coefficient (Wildman–Crippen LogP) is 3.85. The quantitative estimate of drug-likeness (QED) is 0.732. The zero-order chi connectivity index (χ0) is 22.7. The Labute approximate surface area is 184 Å². The summed E-state index contributed by atoms with van der Waals surface area (Å²) >= 11 is 0. The van der Waals surface area contributed by atoms with Gasteiger partial charge in [0.05, 0.1) is 17.8 Å². The molecule has 2 atom stereocenters. The van der Waals surface area contributed by atoms with E-state index in [4.69, 9.17) is 0 Å². The number of carbonyl (C=O) groups is 2. The van der Waals surface area contributed by atoms with E-state index in [1.807, 2.05) is 0 Å². The third kappa shape index (κ3) is 5.09. The molecule has 6 nitrogen and oxygen atoms in total. The van der Waals surface area contributed by atoms with Crippen molar-refractivity contribution in [2.45, 2.75) is 56.4 Å². The number of para-hydroxylation sites is 1. The van der Waals surface area contributed by atoms with Crippen LogP contribution in [0.1, 0.15) is 48.0 Å². The van der Waals surface area contributed by atoms with E-state index >= 15 is 0 Å². The van der Waals surface area contributed by atoms with Gasteiger partial charge >= 0.3 is 6.18 Å². The summed E-state index contributed by atoms with van der Waals surface area (Å²) in [5.41, 5.74) is -0.531. The van der Waals surface area contributed by atoms with Gasteiger partial charge in [-0.25, -0.2) is 0 Å². The van der Waals surface area contributed by atoms with Crippen molar-refractivity contribution < 1.29 is 22.8 Å². The maximum Gasteiger partial charge on any atom is 0.418 e. The number of aromatic nitrogens is 1. The Morgan fingerprint density at radius 2 is 1.69 bits per heavy atom. The number of piperidine rings is 2. The first kappa shape index (κ1) is 22.3. The molecule has 0 spiro atoms. The summed E-state index contributed by atoms with van der Waals surface area (Å²) in [5, 5.41) is 5.52. The van der Waals surface area contributed by atoms with Gasteiger partial charge in [-0.2, -0.15) is 13.2 Å². The lowest BCUT2D eigenvalue weighted by Crippen LogP contribution is -2.58. The van der Waals surface area contributed by atoms with Crippen LogP contribution in [0, 0.1) is 0 Å². The van der Waals surface area contributed by atoms with Gasteiger partial charge in [-0.05, 0) is 49.9 Å². The molecule has 170 valence electrons. The number of hydrogen-bond donors (Lipinski definition) is 2. The second-order valence-electron chi connectivity index (χ2n) is 8.38. The van der Waals surface area contributed by atoms with Crippen LogP contribution in [0.5, 0.6) is 0 Å². The van der Waals surface area contributed by atoms with Crippen molar-refractivity contribution in [3.63, 3.8) is 0 Å². The van der Waals surface area contributed by atoms with Crippen molar-refractivity contribution in [1.82, 2.24) is 15.2 Å². The zero-order valence-corrected chi connectivity index (χ0v) is 17.4. The molecular formula is C23H25F3N4O2. The van der Waals surface area contributed by atoms with E-state index in [2.05, 4.69) is 20.5 Å². The monoisotopic (exact) mass is 446 g/mol. The van der Waals surface area contributed by atoms with Crippen molar-refractivity contribution >= 4 is 17.5 Å². The second-order valence-corrected chi connectivity index (χ2v) is 8.38. The van der Waals surface area contributed by atoms with Crippen LogP contribution in [0.3, 0.4) is 0 Å². The molecule has 0 radical (unpaired) electrons. The molecule has 3 heterocycles. The van der Waals surface area contributed by atoms with Gasteiger partial charge in [0.1, 0.15) is 0 Å². The topological polar surface area (TPSA) is 74.3 Å². The summed E-state index contributed by atoms with van der Waals surface area (Å²) in [6, 6.07) is 8.52. The molecule has 0 aliphatic carbocycles.